The highest BCUT2D eigenvalue weighted by Gasteiger charge is 2.43. The molecule has 2 aliphatic heterocycles. The highest BCUT2D eigenvalue weighted by Crippen LogP contribution is 2.38. The molecule has 0 N–H and O–H groups in total. The summed E-state index contributed by atoms with van der Waals surface area (Å²) in [6.45, 7) is 11.1. The Morgan fingerprint density at radius 2 is 1.84 bits per heavy atom. The van der Waals surface area contributed by atoms with E-state index in [0.29, 0.717) is 43.7 Å². The lowest BCUT2D eigenvalue weighted by Gasteiger charge is -2.46. The van der Waals surface area contributed by atoms with Gasteiger partial charge in [0.1, 0.15) is 11.6 Å². The van der Waals surface area contributed by atoms with Gasteiger partial charge in [-0.15, -0.1) is 0 Å². The number of imidazole rings is 1. The van der Waals surface area contributed by atoms with Crippen LogP contribution in [-0.2, 0) is 28.9 Å². The number of likely N-dealkylation sites (tertiary alicyclic amines) is 1. The minimum Gasteiger partial charge on any atom is -0.444 e. The third kappa shape index (κ3) is 6.64. The Labute approximate surface area is 265 Å². The average Bonchev–Trinajstić information content (AvgIpc) is 3.32. The number of carbonyl (C=O) groups is 2. The molecule has 234 valence electrons. The summed E-state index contributed by atoms with van der Waals surface area (Å²) in [5, 5.41) is 0.627. The number of ether oxygens (including phenoxy) is 1. The molecule has 1 aromatic carbocycles. The van der Waals surface area contributed by atoms with Gasteiger partial charge in [0.2, 0.25) is 5.91 Å². The first kappa shape index (κ1) is 30.6. The summed E-state index contributed by atoms with van der Waals surface area (Å²) in [6, 6.07) is 9.73. The van der Waals surface area contributed by atoms with E-state index in [1.165, 1.54) is 11.1 Å². The summed E-state index contributed by atoms with van der Waals surface area (Å²) >= 11 is 6.41. The Bertz CT molecular complexity index is 1520. The smallest absolute Gasteiger partial charge is 0.411 e. The monoisotopic (exact) mass is 618 g/mol. The normalized spacial score (nSPS) is 22.6. The third-order valence-corrected chi connectivity index (χ3v) is 9.20. The summed E-state index contributed by atoms with van der Waals surface area (Å²) in [5.41, 5.74) is 4.91. The largest absolute Gasteiger partial charge is 0.444 e. The van der Waals surface area contributed by atoms with E-state index < -0.39 is 17.7 Å². The van der Waals surface area contributed by atoms with E-state index in [0.717, 1.165) is 49.2 Å². The van der Waals surface area contributed by atoms with Crippen LogP contribution in [0.5, 0.6) is 0 Å². The number of piperidine rings is 1. The molecule has 6 rings (SSSR count). The van der Waals surface area contributed by atoms with E-state index in [9.17, 15) is 9.59 Å². The number of benzene rings is 1. The third-order valence-electron chi connectivity index (χ3n) is 8.99. The number of pyridine rings is 1. The molecule has 1 unspecified atom stereocenters. The van der Waals surface area contributed by atoms with Crippen molar-refractivity contribution in [2.45, 2.75) is 77.6 Å². The quantitative estimate of drug-likeness (QED) is 0.395. The standard InChI is InChI=1S/C34H43ClN6O3/c1-23-18-38(22-37-23)19-24-8-7-13-40(20-24)32(42)29-21-39(14-15-41(29)33(43)44-34(2,3)4)31-28-10-6-5-9-25(28)11-12-26-16-27(35)17-36-30(26)31/h5-6,9-10,16-18,22,24,29,31H,7-8,11-15,19-21H2,1-4H3/t24-,29+,31?/m0/s1. The number of piperazine rings is 1. The second kappa shape index (κ2) is 12.5. The summed E-state index contributed by atoms with van der Waals surface area (Å²) in [6.07, 6.45) is 8.92. The Balaban J connectivity index is 1.30. The van der Waals surface area contributed by atoms with Crippen LogP contribution in [0.25, 0.3) is 0 Å². The van der Waals surface area contributed by atoms with Crippen molar-refractivity contribution in [1.29, 1.82) is 0 Å². The summed E-state index contributed by atoms with van der Waals surface area (Å²) in [4.78, 5) is 43.2. The van der Waals surface area contributed by atoms with Gasteiger partial charge in [0, 0.05) is 51.7 Å². The van der Waals surface area contributed by atoms with Crippen LogP contribution in [0.3, 0.4) is 0 Å². The highest BCUT2D eigenvalue weighted by atomic mass is 35.5. The number of hydrogen-bond donors (Lipinski definition) is 0. The van der Waals surface area contributed by atoms with Crippen molar-refractivity contribution in [3.63, 3.8) is 0 Å². The number of amides is 2. The second-order valence-electron chi connectivity index (χ2n) is 13.5. The zero-order valence-corrected chi connectivity index (χ0v) is 27.0. The van der Waals surface area contributed by atoms with E-state index in [2.05, 4.69) is 38.7 Å². The predicted molar refractivity (Wildman–Crippen MR) is 170 cm³/mol. The molecule has 2 fully saturated rings. The SMILES string of the molecule is Cc1cn(C[C@@H]2CCCN(C(=O)[C@H]3CN(C4c5ccccc5CCc5cc(Cl)cnc54)CCN3C(=O)OC(C)(C)C)C2)cn1. The van der Waals surface area contributed by atoms with Gasteiger partial charge in [-0.25, -0.2) is 9.78 Å². The fourth-order valence-electron chi connectivity index (χ4n) is 7.04. The maximum absolute atomic E-state index is 14.5. The molecule has 2 amide bonds. The van der Waals surface area contributed by atoms with E-state index in [-0.39, 0.29) is 11.9 Å². The molecule has 0 saturated carbocycles. The van der Waals surface area contributed by atoms with Gasteiger partial charge in [-0.3, -0.25) is 19.6 Å². The van der Waals surface area contributed by atoms with E-state index in [1.54, 1.807) is 11.1 Å². The first-order chi connectivity index (χ1) is 21.1. The molecule has 0 spiro atoms. The molecule has 4 heterocycles. The van der Waals surface area contributed by atoms with Gasteiger partial charge >= 0.3 is 6.09 Å². The van der Waals surface area contributed by atoms with E-state index in [4.69, 9.17) is 21.3 Å². The fraction of sp³-hybridized carbons (Fsp3) is 0.529. The van der Waals surface area contributed by atoms with Crippen molar-refractivity contribution in [1.82, 2.24) is 29.2 Å². The number of hydrogen-bond acceptors (Lipinski definition) is 6. The second-order valence-corrected chi connectivity index (χ2v) is 13.9. The number of aryl methyl sites for hydroxylation is 3. The molecule has 9 nitrogen and oxygen atoms in total. The number of rotatable bonds is 4. The van der Waals surface area contributed by atoms with Gasteiger partial charge in [0.15, 0.2) is 0 Å². The van der Waals surface area contributed by atoms with E-state index >= 15 is 0 Å². The number of carbonyl (C=O) groups excluding carboxylic acids is 2. The van der Waals surface area contributed by atoms with Crippen LogP contribution >= 0.6 is 11.6 Å². The molecule has 1 aliphatic carbocycles. The van der Waals surface area contributed by atoms with Crippen LogP contribution in [0.4, 0.5) is 4.79 Å². The Morgan fingerprint density at radius 1 is 1.05 bits per heavy atom. The van der Waals surface area contributed by atoms with Crippen molar-refractivity contribution >= 4 is 23.6 Å². The first-order valence-electron chi connectivity index (χ1n) is 15.8. The number of aromatic nitrogens is 3. The van der Waals surface area contributed by atoms with Gasteiger partial charge in [-0.05, 0) is 82.1 Å². The summed E-state index contributed by atoms with van der Waals surface area (Å²) < 4.78 is 7.95. The van der Waals surface area contributed by atoms with Crippen LogP contribution in [0.15, 0.2) is 49.1 Å². The van der Waals surface area contributed by atoms with Crippen molar-refractivity contribution in [2.75, 3.05) is 32.7 Å². The van der Waals surface area contributed by atoms with Gasteiger partial charge in [-0.1, -0.05) is 35.9 Å². The van der Waals surface area contributed by atoms with Gasteiger partial charge < -0.3 is 14.2 Å². The number of nitrogens with zero attached hydrogens (tertiary/aromatic N) is 6. The maximum atomic E-state index is 14.5. The Morgan fingerprint density at radius 3 is 2.61 bits per heavy atom. The van der Waals surface area contributed by atoms with Crippen molar-refractivity contribution in [3.05, 3.63) is 82.2 Å². The molecule has 0 radical (unpaired) electrons. The average molecular weight is 619 g/mol. The van der Waals surface area contributed by atoms with Crippen LogP contribution in [0.2, 0.25) is 5.02 Å². The maximum Gasteiger partial charge on any atom is 0.411 e. The molecular formula is C34H43ClN6O3. The molecule has 3 aliphatic rings. The highest BCUT2D eigenvalue weighted by molar-refractivity contribution is 6.30. The number of halogens is 1. The molecule has 10 heteroatoms. The minimum absolute atomic E-state index is 0.0155. The topological polar surface area (TPSA) is 83.8 Å². The molecular weight excluding hydrogens is 576 g/mol. The molecule has 2 saturated heterocycles. The van der Waals surface area contributed by atoms with Gasteiger partial charge in [-0.2, -0.15) is 0 Å². The molecule has 3 atom stereocenters. The van der Waals surface area contributed by atoms with Crippen LogP contribution < -0.4 is 0 Å². The Kier molecular flexibility index (Phi) is 8.70. The van der Waals surface area contributed by atoms with Gasteiger partial charge in [0.25, 0.3) is 0 Å². The first-order valence-corrected chi connectivity index (χ1v) is 16.2. The molecule has 2 aromatic heterocycles. The summed E-state index contributed by atoms with van der Waals surface area (Å²) in [7, 11) is 0. The van der Waals surface area contributed by atoms with Gasteiger partial charge in [0.05, 0.1) is 28.8 Å². The van der Waals surface area contributed by atoms with Crippen LogP contribution in [0.1, 0.15) is 67.7 Å². The van der Waals surface area contributed by atoms with Crippen molar-refractivity contribution in [2.24, 2.45) is 5.92 Å². The van der Waals surface area contributed by atoms with Crippen LogP contribution in [-0.4, -0.2) is 85.6 Å². The molecule has 3 aromatic rings. The lowest BCUT2D eigenvalue weighted by molar-refractivity contribution is -0.141. The minimum atomic E-state index is -0.668. The molecule has 44 heavy (non-hydrogen) atoms. The van der Waals surface area contributed by atoms with E-state index in [1.807, 2.05) is 51.2 Å². The fourth-order valence-corrected chi connectivity index (χ4v) is 7.22. The Hall–Kier alpha value is -3.43. The lowest BCUT2D eigenvalue weighted by Crippen LogP contribution is -2.63. The molecule has 0 bridgehead atoms. The van der Waals surface area contributed by atoms with Crippen molar-refractivity contribution < 1.29 is 14.3 Å². The predicted octanol–water partition coefficient (Wildman–Crippen LogP) is 5.29. The zero-order chi connectivity index (χ0) is 31.0. The number of fused-ring (bicyclic) bond motifs is 2. The zero-order valence-electron chi connectivity index (χ0n) is 26.2. The van der Waals surface area contributed by atoms with Crippen LogP contribution in [0, 0.1) is 12.8 Å². The summed E-state index contributed by atoms with van der Waals surface area (Å²) in [5.74, 6) is 0.309. The van der Waals surface area contributed by atoms with Crippen molar-refractivity contribution in [3.8, 4) is 0 Å². The lowest BCUT2D eigenvalue weighted by atomic mass is 9.94.